The lowest BCUT2D eigenvalue weighted by molar-refractivity contribution is -0.123. The van der Waals surface area contributed by atoms with Gasteiger partial charge in [0.1, 0.15) is 5.82 Å². The first kappa shape index (κ1) is 19.4. The molecular weight excluding hydrogens is 388 g/mol. The second-order valence-corrected chi connectivity index (χ2v) is 7.66. The molecule has 0 unspecified atom stereocenters. The molecular formula is C18H19ClN4O3S. The van der Waals surface area contributed by atoms with Gasteiger partial charge in [0.25, 0.3) is 5.56 Å². The topological polar surface area (TPSA) is 104 Å². The molecule has 27 heavy (non-hydrogen) atoms. The van der Waals surface area contributed by atoms with Gasteiger partial charge in [0, 0.05) is 22.9 Å². The summed E-state index contributed by atoms with van der Waals surface area (Å²) in [6.45, 7) is 2.08. The van der Waals surface area contributed by atoms with E-state index < -0.39 is 17.4 Å². The number of halogens is 1. The van der Waals surface area contributed by atoms with Gasteiger partial charge in [-0.3, -0.25) is 14.4 Å². The van der Waals surface area contributed by atoms with Crippen molar-refractivity contribution in [2.45, 2.75) is 37.3 Å². The number of unbranched alkanes of at least 4 members (excludes halogenated alkanes) is 1. The van der Waals surface area contributed by atoms with Crippen molar-refractivity contribution in [2.24, 2.45) is 0 Å². The summed E-state index contributed by atoms with van der Waals surface area (Å²) in [7, 11) is 0. The predicted molar refractivity (Wildman–Crippen MR) is 107 cm³/mol. The van der Waals surface area contributed by atoms with E-state index in [9.17, 15) is 14.4 Å². The van der Waals surface area contributed by atoms with Gasteiger partial charge >= 0.3 is 0 Å². The fraction of sp³-hybridized carbons (Fsp3) is 0.333. The van der Waals surface area contributed by atoms with Gasteiger partial charge in [0.05, 0.1) is 11.5 Å². The normalized spacial score (nSPS) is 15.8. The smallest absolute Gasteiger partial charge is 0.257 e. The molecule has 0 aliphatic carbocycles. The molecule has 3 N–H and O–H groups in total. The summed E-state index contributed by atoms with van der Waals surface area (Å²) in [5.41, 5.74) is 0.260. The Morgan fingerprint density at radius 1 is 1.41 bits per heavy atom. The predicted octanol–water partition coefficient (Wildman–Crippen LogP) is 3.38. The highest BCUT2D eigenvalue weighted by Crippen LogP contribution is 2.30. The summed E-state index contributed by atoms with van der Waals surface area (Å²) < 4.78 is 0. The van der Waals surface area contributed by atoms with Crippen LogP contribution in [-0.2, 0) is 9.59 Å². The van der Waals surface area contributed by atoms with Crippen LogP contribution in [-0.4, -0.2) is 27.5 Å². The number of hydrogen-bond donors (Lipinski definition) is 3. The first-order valence-corrected chi connectivity index (χ1v) is 9.97. The maximum absolute atomic E-state index is 12.7. The van der Waals surface area contributed by atoms with E-state index in [1.807, 2.05) is 0 Å². The van der Waals surface area contributed by atoms with E-state index in [1.165, 1.54) is 11.8 Å². The summed E-state index contributed by atoms with van der Waals surface area (Å²) in [4.78, 5) is 44.4. The molecule has 0 saturated carbocycles. The summed E-state index contributed by atoms with van der Waals surface area (Å²) in [5, 5.41) is 6.22. The van der Waals surface area contributed by atoms with Gasteiger partial charge in [-0.05, 0) is 24.6 Å². The Labute approximate surface area is 165 Å². The maximum Gasteiger partial charge on any atom is 0.257 e. The van der Waals surface area contributed by atoms with Crippen molar-refractivity contribution in [2.75, 3.05) is 16.4 Å². The number of aromatic amines is 1. The number of carbonyl (C=O) groups excluding carboxylic acids is 2. The SMILES string of the molecule is CCCCSc1nc2c(c(=O)[nH]1)[C@@H](C(=O)Nc1cccc(Cl)c1)CC(=O)N2. The van der Waals surface area contributed by atoms with Crippen molar-refractivity contribution < 1.29 is 9.59 Å². The largest absolute Gasteiger partial charge is 0.325 e. The van der Waals surface area contributed by atoms with Crippen LogP contribution in [0.4, 0.5) is 11.5 Å². The lowest BCUT2D eigenvalue weighted by Crippen LogP contribution is -2.36. The molecule has 1 aliphatic heterocycles. The molecule has 0 bridgehead atoms. The minimum atomic E-state index is -0.918. The minimum Gasteiger partial charge on any atom is -0.325 e. The van der Waals surface area contributed by atoms with E-state index >= 15 is 0 Å². The number of nitrogens with zero attached hydrogens (tertiary/aromatic N) is 1. The number of rotatable bonds is 6. The number of H-pyrrole nitrogens is 1. The Hall–Kier alpha value is -2.32. The molecule has 9 heteroatoms. The Morgan fingerprint density at radius 2 is 2.22 bits per heavy atom. The van der Waals surface area contributed by atoms with Crippen LogP contribution in [0.1, 0.15) is 37.7 Å². The number of amides is 2. The van der Waals surface area contributed by atoms with Gasteiger partial charge in [-0.25, -0.2) is 4.98 Å². The highest BCUT2D eigenvalue weighted by atomic mass is 35.5. The third-order valence-electron chi connectivity index (χ3n) is 4.07. The first-order valence-electron chi connectivity index (χ1n) is 8.61. The molecule has 142 valence electrons. The third-order valence-corrected chi connectivity index (χ3v) is 5.27. The van der Waals surface area contributed by atoms with Gasteiger partial charge in [0.15, 0.2) is 5.16 Å². The zero-order valence-corrected chi connectivity index (χ0v) is 16.2. The zero-order chi connectivity index (χ0) is 19.4. The van der Waals surface area contributed by atoms with Crippen LogP contribution in [0.3, 0.4) is 0 Å². The molecule has 2 amide bonds. The highest BCUT2D eigenvalue weighted by Gasteiger charge is 2.34. The van der Waals surface area contributed by atoms with Crippen LogP contribution in [0.15, 0.2) is 34.2 Å². The minimum absolute atomic E-state index is 0.119. The maximum atomic E-state index is 12.7. The quantitative estimate of drug-likeness (QED) is 0.387. The summed E-state index contributed by atoms with van der Waals surface area (Å²) in [6.07, 6.45) is 1.90. The molecule has 0 radical (unpaired) electrons. The van der Waals surface area contributed by atoms with E-state index in [2.05, 4.69) is 27.5 Å². The van der Waals surface area contributed by atoms with Gasteiger partial charge in [-0.15, -0.1) is 0 Å². The molecule has 7 nitrogen and oxygen atoms in total. The summed E-state index contributed by atoms with van der Waals surface area (Å²) in [5.74, 6) is -0.757. The van der Waals surface area contributed by atoms with E-state index in [0.29, 0.717) is 15.9 Å². The van der Waals surface area contributed by atoms with Gasteiger partial charge in [-0.2, -0.15) is 0 Å². The summed E-state index contributed by atoms with van der Waals surface area (Å²) >= 11 is 7.34. The fourth-order valence-electron chi connectivity index (χ4n) is 2.75. The average Bonchev–Trinajstić information content (AvgIpc) is 2.61. The number of hydrogen-bond acceptors (Lipinski definition) is 5. The number of aromatic nitrogens is 2. The number of nitrogens with one attached hydrogen (secondary N) is 3. The Balaban J connectivity index is 1.87. The monoisotopic (exact) mass is 406 g/mol. The van der Waals surface area contributed by atoms with Crippen molar-refractivity contribution in [1.29, 1.82) is 0 Å². The van der Waals surface area contributed by atoms with Crippen LogP contribution in [0.25, 0.3) is 0 Å². The third kappa shape index (κ3) is 4.70. The second-order valence-electron chi connectivity index (χ2n) is 6.14. The van der Waals surface area contributed by atoms with E-state index in [1.54, 1.807) is 24.3 Å². The van der Waals surface area contributed by atoms with Crippen molar-refractivity contribution in [3.05, 3.63) is 45.2 Å². The van der Waals surface area contributed by atoms with E-state index in [4.69, 9.17) is 11.6 Å². The molecule has 1 aliphatic rings. The average molecular weight is 407 g/mol. The number of carbonyl (C=O) groups is 2. The van der Waals surface area contributed by atoms with Crippen molar-refractivity contribution in [3.63, 3.8) is 0 Å². The second kappa shape index (κ2) is 8.58. The fourth-order valence-corrected chi connectivity index (χ4v) is 3.89. The van der Waals surface area contributed by atoms with Crippen molar-refractivity contribution in [1.82, 2.24) is 9.97 Å². The van der Waals surface area contributed by atoms with E-state index in [0.717, 1.165) is 18.6 Å². The van der Waals surface area contributed by atoms with Crippen molar-refractivity contribution >= 4 is 46.7 Å². The van der Waals surface area contributed by atoms with Gasteiger partial charge < -0.3 is 15.6 Å². The number of fused-ring (bicyclic) bond motifs is 1. The standard InChI is InChI=1S/C18H19ClN4O3S/c1-2-3-7-27-18-22-15-14(17(26)23-18)12(9-13(24)21-15)16(25)20-11-6-4-5-10(19)8-11/h4-6,8,12H,2-3,7,9H2,1H3,(H,20,25)(H2,21,22,23,24,26)/t12-/m0/s1. The molecule has 1 atom stereocenters. The van der Waals surface area contributed by atoms with Crippen molar-refractivity contribution in [3.8, 4) is 0 Å². The van der Waals surface area contributed by atoms with E-state index in [-0.39, 0.29) is 23.7 Å². The molecule has 1 aromatic heterocycles. The number of thioether (sulfide) groups is 1. The molecule has 2 aromatic rings. The Kier molecular flexibility index (Phi) is 6.18. The Morgan fingerprint density at radius 3 is 2.96 bits per heavy atom. The van der Waals surface area contributed by atoms with Crippen LogP contribution >= 0.6 is 23.4 Å². The van der Waals surface area contributed by atoms with Gasteiger partial charge in [0.2, 0.25) is 11.8 Å². The molecule has 0 saturated heterocycles. The van der Waals surface area contributed by atoms with Crippen LogP contribution in [0.5, 0.6) is 0 Å². The Bertz CT molecular complexity index is 931. The molecule has 2 heterocycles. The highest BCUT2D eigenvalue weighted by molar-refractivity contribution is 7.99. The van der Waals surface area contributed by atoms with Crippen LogP contribution in [0, 0.1) is 0 Å². The lowest BCUT2D eigenvalue weighted by Gasteiger charge is -2.23. The zero-order valence-electron chi connectivity index (χ0n) is 14.7. The molecule has 0 fully saturated rings. The summed E-state index contributed by atoms with van der Waals surface area (Å²) in [6, 6.07) is 6.67. The van der Waals surface area contributed by atoms with Gasteiger partial charge in [-0.1, -0.05) is 42.8 Å². The molecule has 0 spiro atoms. The lowest BCUT2D eigenvalue weighted by atomic mass is 9.92. The van der Waals surface area contributed by atoms with Crippen LogP contribution < -0.4 is 16.2 Å². The number of benzene rings is 1. The molecule has 3 rings (SSSR count). The van der Waals surface area contributed by atoms with Crippen LogP contribution in [0.2, 0.25) is 5.02 Å². The molecule has 1 aromatic carbocycles. The number of anilines is 2. The first-order chi connectivity index (χ1) is 13.0.